The fraction of sp³-hybridized carbons (Fsp3) is 0.0476. The molecule has 0 saturated carbocycles. The molecule has 1 N–H and O–H groups in total. The fourth-order valence-electron chi connectivity index (χ4n) is 2.97. The summed E-state index contributed by atoms with van der Waals surface area (Å²) in [5.41, 5.74) is 1.71. The summed E-state index contributed by atoms with van der Waals surface area (Å²) in [4.78, 5) is 17.1. The summed E-state index contributed by atoms with van der Waals surface area (Å²) in [5, 5.41) is 2.99. The molecule has 1 heterocycles. The Kier molecular flexibility index (Phi) is 4.64. The van der Waals surface area contributed by atoms with E-state index in [1.165, 1.54) is 6.07 Å². The van der Waals surface area contributed by atoms with E-state index in [4.69, 9.17) is 0 Å². The molecule has 3 nitrogen and oxygen atoms in total. The van der Waals surface area contributed by atoms with Gasteiger partial charge in [0.15, 0.2) is 10.9 Å². The molecule has 0 aliphatic carbocycles. The number of amides is 1. The van der Waals surface area contributed by atoms with Gasteiger partial charge < -0.3 is 5.32 Å². The number of fused-ring (bicyclic) bond motifs is 1. The van der Waals surface area contributed by atoms with Crippen molar-refractivity contribution < 1.29 is 13.6 Å². The van der Waals surface area contributed by atoms with Gasteiger partial charge in [-0.1, -0.05) is 72.0 Å². The largest absolute Gasteiger partial charge is 0.301 e. The summed E-state index contributed by atoms with van der Waals surface area (Å²) in [7, 11) is 0. The third kappa shape index (κ3) is 3.57. The summed E-state index contributed by atoms with van der Waals surface area (Å²) < 4.78 is 27.6. The minimum absolute atomic E-state index is 0.0488. The number of carbonyl (C=O) groups excluding carboxylic acids is 1. The van der Waals surface area contributed by atoms with Crippen molar-refractivity contribution in [1.82, 2.24) is 4.98 Å². The Morgan fingerprint density at radius 1 is 0.926 bits per heavy atom. The monoisotopic (exact) mass is 380 g/mol. The van der Waals surface area contributed by atoms with Gasteiger partial charge in [0.1, 0.15) is 11.3 Å². The van der Waals surface area contributed by atoms with Crippen LogP contribution in [0.15, 0.2) is 72.8 Å². The molecule has 6 heteroatoms. The highest BCUT2D eigenvalue weighted by Crippen LogP contribution is 2.31. The van der Waals surface area contributed by atoms with Crippen LogP contribution in [0.25, 0.3) is 10.2 Å². The van der Waals surface area contributed by atoms with Gasteiger partial charge in [-0.25, -0.2) is 13.8 Å². The second kappa shape index (κ2) is 7.25. The Hall–Kier alpha value is -3.12. The zero-order chi connectivity index (χ0) is 18.8. The Morgan fingerprint density at radius 3 is 2.11 bits per heavy atom. The van der Waals surface area contributed by atoms with Crippen molar-refractivity contribution in [3.8, 4) is 0 Å². The number of hydrogen-bond acceptors (Lipinski definition) is 3. The number of rotatable bonds is 4. The lowest BCUT2D eigenvalue weighted by atomic mass is 9.90. The molecule has 0 radical (unpaired) electrons. The van der Waals surface area contributed by atoms with Crippen LogP contribution >= 0.6 is 11.3 Å². The molecule has 0 fully saturated rings. The Morgan fingerprint density at radius 2 is 1.52 bits per heavy atom. The molecule has 1 aromatic heterocycles. The van der Waals surface area contributed by atoms with Gasteiger partial charge in [0.05, 0.1) is 10.6 Å². The van der Waals surface area contributed by atoms with Crippen molar-refractivity contribution in [1.29, 1.82) is 0 Å². The molecule has 4 aromatic rings. The van der Waals surface area contributed by atoms with Gasteiger partial charge in [-0.15, -0.1) is 0 Å². The molecular weight excluding hydrogens is 366 g/mol. The van der Waals surface area contributed by atoms with Crippen molar-refractivity contribution in [3.63, 3.8) is 0 Å². The second-order valence-corrected chi connectivity index (χ2v) is 7.03. The van der Waals surface area contributed by atoms with Crippen LogP contribution in [0.1, 0.15) is 17.0 Å². The molecular formula is C21H14F2N2OS. The average Bonchev–Trinajstić information content (AvgIpc) is 3.06. The Labute approximate surface area is 158 Å². The maximum absolute atomic E-state index is 13.9. The minimum Gasteiger partial charge on any atom is -0.301 e. The first-order valence-electron chi connectivity index (χ1n) is 8.28. The first-order chi connectivity index (χ1) is 13.1. The van der Waals surface area contributed by atoms with Crippen LogP contribution in [0.3, 0.4) is 0 Å². The van der Waals surface area contributed by atoms with Crippen molar-refractivity contribution in [3.05, 3.63) is 95.6 Å². The molecule has 0 aliphatic heterocycles. The highest BCUT2D eigenvalue weighted by molar-refractivity contribution is 7.22. The number of thiazole rings is 1. The molecule has 0 bridgehead atoms. The van der Waals surface area contributed by atoms with E-state index in [-0.39, 0.29) is 16.6 Å². The molecule has 3 aromatic carbocycles. The summed E-state index contributed by atoms with van der Waals surface area (Å²) in [6, 6.07) is 20.8. The van der Waals surface area contributed by atoms with Crippen LogP contribution < -0.4 is 5.32 Å². The number of hydrogen-bond donors (Lipinski definition) is 1. The first kappa shape index (κ1) is 17.3. The van der Waals surface area contributed by atoms with Gasteiger partial charge in [-0.05, 0) is 17.2 Å². The highest BCUT2D eigenvalue weighted by atomic mass is 32.1. The lowest BCUT2D eigenvalue weighted by Crippen LogP contribution is -2.22. The van der Waals surface area contributed by atoms with Crippen LogP contribution in [0.5, 0.6) is 0 Å². The number of anilines is 1. The lowest BCUT2D eigenvalue weighted by molar-refractivity contribution is -0.116. The van der Waals surface area contributed by atoms with Gasteiger partial charge in [0, 0.05) is 6.07 Å². The van der Waals surface area contributed by atoms with Crippen LogP contribution in [-0.4, -0.2) is 10.9 Å². The Bertz CT molecular complexity index is 1060. The molecule has 0 aliphatic rings. The minimum atomic E-state index is -0.746. The van der Waals surface area contributed by atoms with Crippen LogP contribution in [0, 0.1) is 11.6 Å². The van der Waals surface area contributed by atoms with Crippen LogP contribution in [-0.2, 0) is 4.79 Å². The van der Waals surface area contributed by atoms with E-state index < -0.39 is 17.6 Å². The second-order valence-electron chi connectivity index (χ2n) is 6.00. The average molecular weight is 380 g/mol. The third-order valence-electron chi connectivity index (χ3n) is 4.17. The molecule has 27 heavy (non-hydrogen) atoms. The Balaban J connectivity index is 1.69. The van der Waals surface area contributed by atoms with E-state index in [2.05, 4.69) is 10.3 Å². The fourth-order valence-corrected chi connectivity index (χ4v) is 3.88. The van der Waals surface area contributed by atoms with Crippen LogP contribution in [0.2, 0.25) is 0 Å². The predicted octanol–water partition coefficient (Wildman–Crippen LogP) is 5.35. The number of nitrogens with one attached hydrogen (secondary N) is 1. The van der Waals surface area contributed by atoms with Gasteiger partial charge in [-0.3, -0.25) is 4.79 Å². The highest BCUT2D eigenvalue weighted by Gasteiger charge is 2.24. The normalized spacial score (nSPS) is 11.1. The van der Waals surface area contributed by atoms with Crippen LogP contribution in [0.4, 0.5) is 13.9 Å². The van der Waals surface area contributed by atoms with Crippen molar-refractivity contribution in [2.75, 3.05) is 5.32 Å². The number of benzene rings is 3. The van der Waals surface area contributed by atoms with Gasteiger partial charge in [-0.2, -0.15) is 0 Å². The topological polar surface area (TPSA) is 42.0 Å². The van der Waals surface area contributed by atoms with Crippen molar-refractivity contribution >= 4 is 32.6 Å². The summed E-state index contributed by atoms with van der Waals surface area (Å²) in [6.07, 6.45) is 0. The molecule has 4 rings (SSSR count). The smallest absolute Gasteiger partial charge is 0.238 e. The van der Waals surface area contributed by atoms with Gasteiger partial charge >= 0.3 is 0 Å². The zero-order valence-electron chi connectivity index (χ0n) is 14.0. The summed E-state index contributed by atoms with van der Waals surface area (Å²) in [5.74, 6) is -2.24. The molecule has 134 valence electrons. The van der Waals surface area contributed by atoms with E-state index in [1.54, 1.807) is 0 Å². The molecule has 0 atom stereocenters. The van der Waals surface area contributed by atoms with Gasteiger partial charge in [0.2, 0.25) is 5.91 Å². The van der Waals surface area contributed by atoms with Crippen molar-refractivity contribution in [2.24, 2.45) is 0 Å². The molecule has 0 unspecified atom stereocenters. The standard InChI is InChI=1S/C21H14F2N2OS/c22-15-11-16(23)19-17(12-15)27-21(24-19)25-20(26)18(13-7-3-1-4-8-13)14-9-5-2-6-10-14/h1-12,18H,(H,24,25,26). The van der Waals surface area contributed by atoms with Gasteiger partial charge in [0.25, 0.3) is 0 Å². The van der Waals surface area contributed by atoms with E-state index in [1.807, 2.05) is 60.7 Å². The first-order valence-corrected chi connectivity index (χ1v) is 9.10. The van der Waals surface area contributed by atoms with E-state index >= 15 is 0 Å². The maximum atomic E-state index is 13.9. The lowest BCUT2D eigenvalue weighted by Gasteiger charge is -2.16. The van der Waals surface area contributed by atoms with Crippen molar-refractivity contribution in [2.45, 2.75) is 5.92 Å². The number of halogens is 2. The number of nitrogens with zero attached hydrogens (tertiary/aromatic N) is 1. The number of carbonyl (C=O) groups is 1. The molecule has 0 spiro atoms. The van der Waals surface area contributed by atoms with E-state index in [0.717, 1.165) is 28.5 Å². The molecule has 1 amide bonds. The SMILES string of the molecule is O=C(Nc1nc2c(F)cc(F)cc2s1)C(c1ccccc1)c1ccccc1. The quantitative estimate of drug-likeness (QED) is 0.519. The zero-order valence-corrected chi connectivity index (χ0v) is 14.8. The van der Waals surface area contributed by atoms with E-state index in [0.29, 0.717) is 4.70 Å². The maximum Gasteiger partial charge on any atom is 0.238 e. The third-order valence-corrected chi connectivity index (χ3v) is 5.09. The molecule has 0 saturated heterocycles. The van der Waals surface area contributed by atoms with E-state index in [9.17, 15) is 13.6 Å². The summed E-state index contributed by atoms with van der Waals surface area (Å²) in [6.45, 7) is 0. The number of aromatic nitrogens is 1. The predicted molar refractivity (Wildman–Crippen MR) is 103 cm³/mol. The summed E-state index contributed by atoms with van der Waals surface area (Å²) >= 11 is 1.04.